The van der Waals surface area contributed by atoms with Crippen LogP contribution < -0.4 is 14.9 Å². The van der Waals surface area contributed by atoms with E-state index in [1.807, 2.05) is 13.8 Å². The van der Waals surface area contributed by atoms with Crippen LogP contribution in [0.25, 0.3) is 0 Å². The summed E-state index contributed by atoms with van der Waals surface area (Å²) in [4.78, 5) is 11.1. The van der Waals surface area contributed by atoms with Gasteiger partial charge in [-0.05, 0) is 31.0 Å². The lowest BCUT2D eigenvalue weighted by Gasteiger charge is -2.17. The third-order valence-corrected chi connectivity index (χ3v) is 3.07. The van der Waals surface area contributed by atoms with Crippen LogP contribution in [0.5, 0.6) is 11.5 Å². The smallest absolute Gasteiger partial charge is 0.254 e. The highest BCUT2D eigenvalue weighted by atomic mass is 35.5. The molecule has 0 saturated heterocycles. The number of methoxy groups -OCH3 is 1. The van der Waals surface area contributed by atoms with E-state index >= 15 is 0 Å². The number of halogens is 1. The average molecular weight is 324 g/mol. The Labute approximate surface area is 134 Å². The monoisotopic (exact) mass is 323 g/mol. The molecule has 0 saturated carbocycles. The van der Waals surface area contributed by atoms with E-state index in [9.17, 15) is 4.79 Å². The highest BCUT2D eigenvalue weighted by molar-refractivity contribution is 6.32. The lowest BCUT2D eigenvalue weighted by molar-refractivity contribution is -0.120. The number of carbonyl (C=O) groups is 1. The van der Waals surface area contributed by atoms with Gasteiger partial charge in [-0.25, -0.2) is 5.43 Å². The van der Waals surface area contributed by atoms with Gasteiger partial charge >= 0.3 is 0 Å². The van der Waals surface area contributed by atoms with Crippen molar-refractivity contribution in [1.82, 2.24) is 5.43 Å². The van der Waals surface area contributed by atoms with Crippen molar-refractivity contribution in [3.63, 3.8) is 0 Å². The molecule has 1 rings (SSSR count). The lowest BCUT2D eigenvalue weighted by atomic mass is 10.2. The van der Waals surface area contributed by atoms with Gasteiger partial charge in [0.2, 0.25) is 0 Å². The van der Waals surface area contributed by atoms with Gasteiger partial charge in [0, 0.05) is 0 Å². The molecule has 0 spiro atoms. The Balaban J connectivity index is 2.91. The molecule has 1 amide bonds. The molecule has 0 heterocycles. The SMILES string of the molecule is CC[C@H](C)Oc1c(Cl)cc(/C=N\NC(=O)CC#N)cc1OC. The fourth-order valence-corrected chi connectivity index (χ4v) is 1.77. The van der Waals surface area contributed by atoms with E-state index in [2.05, 4.69) is 10.5 Å². The largest absolute Gasteiger partial charge is 0.493 e. The number of hydrazone groups is 1. The van der Waals surface area contributed by atoms with E-state index in [0.717, 1.165) is 6.42 Å². The van der Waals surface area contributed by atoms with Gasteiger partial charge in [0.05, 0.1) is 30.5 Å². The minimum atomic E-state index is -0.478. The number of hydrogen-bond acceptors (Lipinski definition) is 5. The van der Waals surface area contributed by atoms with Crippen LogP contribution in [0.1, 0.15) is 32.3 Å². The van der Waals surface area contributed by atoms with Gasteiger partial charge in [0.15, 0.2) is 11.5 Å². The molecule has 1 atom stereocenters. The Hall–Kier alpha value is -2.26. The minimum Gasteiger partial charge on any atom is -0.493 e. The molecule has 22 heavy (non-hydrogen) atoms. The van der Waals surface area contributed by atoms with Crippen molar-refractivity contribution in [2.24, 2.45) is 5.10 Å². The molecule has 118 valence electrons. The molecular weight excluding hydrogens is 306 g/mol. The van der Waals surface area contributed by atoms with Crippen molar-refractivity contribution >= 4 is 23.7 Å². The van der Waals surface area contributed by atoms with Crippen molar-refractivity contribution in [1.29, 1.82) is 5.26 Å². The minimum absolute atomic E-state index is 0.0104. The maximum atomic E-state index is 11.1. The second-order valence-corrected chi connectivity index (χ2v) is 4.91. The van der Waals surface area contributed by atoms with Gasteiger partial charge in [-0.2, -0.15) is 10.4 Å². The summed E-state index contributed by atoms with van der Waals surface area (Å²) in [6, 6.07) is 5.08. The zero-order valence-electron chi connectivity index (χ0n) is 12.7. The summed E-state index contributed by atoms with van der Waals surface area (Å²) in [7, 11) is 1.52. The van der Waals surface area contributed by atoms with Crippen LogP contribution in [0.4, 0.5) is 0 Å². The maximum absolute atomic E-state index is 11.1. The van der Waals surface area contributed by atoms with Gasteiger partial charge in [-0.1, -0.05) is 18.5 Å². The van der Waals surface area contributed by atoms with Crippen molar-refractivity contribution in [2.75, 3.05) is 7.11 Å². The predicted octanol–water partition coefficient (Wildman–Crippen LogP) is 2.89. The van der Waals surface area contributed by atoms with E-state index in [4.69, 9.17) is 26.3 Å². The van der Waals surface area contributed by atoms with E-state index in [1.165, 1.54) is 13.3 Å². The van der Waals surface area contributed by atoms with Crippen LogP contribution in [0.3, 0.4) is 0 Å². The van der Waals surface area contributed by atoms with Crippen molar-refractivity contribution in [3.05, 3.63) is 22.7 Å². The van der Waals surface area contributed by atoms with Crippen molar-refractivity contribution < 1.29 is 14.3 Å². The Morgan fingerprint density at radius 1 is 1.59 bits per heavy atom. The summed E-state index contributed by atoms with van der Waals surface area (Å²) < 4.78 is 11.0. The number of carbonyl (C=O) groups excluding carboxylic acids is 1. The number of benzene rings is 1. The Morgan fingerprint density at radius 2 is 2.32 bits per heavy atom. The molecule has 1 aromatic rings. The van der Waals surface area contributed by atoms with Crippen LogP contribution in [-0.4, -0.2) is 25.3 Å². The summed E-state index contributed by atoms with van der Waals surface area (Å²) in [6.45, 7) is 3.95. The normalized spacial score (nSPS) is 11.8. The highest BCUT2D eigenvalue weighted by Gasteiger charge is 2.14. The second kappa shape index (κ2) is 8.90. The molecule has 0 fully saturated rings. The molecular formula is C15H18ClN3O3. The molecule has 6 nitrogen and oxygen atoms in total. The zero-order valence-corrected chi connectivity index (χ0v) is 13.5. The summed E-state index contributed by atoms with van der Waals surface area (Å²) in [5, 5.41) is 12.5. The van der Waals surface area contributed by atoms with Gasteiger partial charge in [0.25, 0.3) is 5.91 Å². The first-order valence-electron chi connectivity index (χ1n) is 6.74. The van der Waals surface area contributed by atoms with Crippen molar-refractivity contribution in [2.45, 2.75) is 32.8 Å². The molecule has 1 N–H and O–H groups in total. The van der Waals surface area contributed by atoms with Crippen LogP contribution in [0, 0.1) is 11.3 Å². The predicted molar refractivity (Wildman–Crippen MR) is 84.4 cm³/mol. The number of ether oxygens (including phenoxy) is 2. The number of hydrogen-bond donors (Lipinski definition) is 1. The summed E-state index contributed by atoms with van der Waals surface area (Å²) in [6.07, 6.45) is 2.02. The third kappa shape index (κ3) is 5.26. The molecule has 0 aliphatic heterocycles. The molecule has 0 radical (unpaired) electrons. The van der Waals surface area contributed by atoms with Gasteiger partial charge in [-0.15, -0.1) is 0 Å². The molecule has 0 aliphatic rings. The first-order chi connectivity index (χ1) is 10.5. The standard InChI is InChI=1S/C15H18ClN3O3/c1-4-10(2)22-15-12(16)7-11(8-13(15)21-3)9-18-19-14(20)5-6-17/h7-10H,4-5H2,1-3H3,(H,19,20)/b18-9-/t10-/m0/s1. The molecule has 7 heteroatoms. The molecule has 0 bridgehead atoms. The topological polar surface area (TPSA) is 83.7 Å². The highest BCUT2D eigenvalue weighted by Crippen LogP contribution is 2.36. The zero-order chi connectivity index (χ0) is 16.5. The number of rotatable bonds is 7. The lowest BCUT2D eigenvalue weighted by Crippen LogP contribution is -2.16. The summed E-state index contributed by atoms with van der Waals surface area (Å²) in [5.41, 5.74) is 2.87. The van der Waals surface area contributed by atoms with Crippen LogP contribution >= 0.6 is 11.6 Å². The maximum Gasteiger partial charge on any atom is 0.254 e. The number of nitrogens with one attached hydrogen (secondary N) is 1. The molecule has 1 aromatic carbocycles. The summed E-state index contributed by atoms with van der Waals surface area (Å²) >= 11 is 6.21. The van der Waals surface area contributed by atoms with E-state index in [1.54, 1.807) is 18.2 Å². The molecule has 0 aliphatic carbocycles. The fourth-order valence-electron chi connectivity index (χ4n) is 1.50. The van der Waals surface area contributed by atoms with Gasteiger partial charge in [-0.3, -0.25) is 4.79 Å². The Bertz CT molecular complexity index is 596. The van der Waals surface area contributed by atoms with Crippen LogP contribution in [-0.2, 0) is 4.79 Å². The average Bonchev–Trinajstić information content (AvgIpc) is 2.49. The third-order valence-electron chi connectivity index (χ3n) is 2.79. The van der Waals surface area contributed by atoms with E-state index in [-0.39, 0.29) is 12.5 Å². The van der Waals surface area contributed by atoms with Crippen LogP contribution in [0.2, 0.25) is 5.02 Å². The quantitative estimate of drug-likeness (QED) is 0.617. The number of nitrogens with zero attached hydrogens (tertiary/aromatic N) is 2. The molecule has 0 aromatic heterocycles. The summed E-state index contributed by atoms with van der Waals surface area (Å²) in [5.74, 6) is 0.482. The first-order valence-corrected chi connectivity index (χ1v) is 7.12. The Morgan fingerprint density at radius 3 is 2.91 bits per heavy atom. The fraction of sp³-hybridized carbons (Fsp3) is 0.400. The number of amides is 1. The first kappa shape index (κ1) is 17.8. The van der Waals surface area contributed by atoms with Crippen LogP contribution in [0.15, 0.2) is 17.2 Å². The van der Waals surface area contributed by atoms with Crippen molar-refractivity contribution in [3.8, 4) is 17.6 Å². The van der Waals surface area contributed by atoms with Gasteiger partial charge < -0.3 is 9.47 Å². The van der Waals surface area contributed by atoms with E-state index < -0.39 is 5.91 Å². The second-order valence-electron chi connectivity index (χ2n) is 4.50. The van der Waals surface area contributed by atoms with E-state index in [0.29, 0.717) is 22.1 Å². The number of nitriles is 1. The molecule has 0 unspecified atom stereocenters. The Kier molecular flexibility index (Phi) is 7.20. The van der Waals surface area contributed by atoms with Gasteiger partial charge in [0.1, 0.15) is 6.42 Å².